The van der Waals surface area contributed by atoms with Gasteiger partial charge in [-0.1, -0.05) is 18.2 Å². The third kappa shape index (κ3) is 4.02. The summed E-state index contributed by atoms with van der Waals surface area (Å²) in [5.41, 5.74) is 4.77. The van der Waals surface area contributed by atoms with E-state index in [0.29, 0.717) is 11.4 Å². The maximum Gasteiger partial charge on any atom is 0.266 e. The molecule has 3 aromatic rings. The van der Waals surface area contributed by atoms with Crippen molar-refractivity contribution in [3.63, 3.8) is 0 Å². The normalized spacial score (nSPS) is 11.2. The lowest BCUT2D eigenvalue weighted by atomic mass is 10.1. The van der Waals surface area contributed by atoms with Gasteiger partial charge in [-0.3, -0.25) is 4.79 Å². The number of hydrogen-bond acceptors (Lipinski definition) is 2. The van der Waals surface area contributed by atoms with Gasteiger partial charge in [0.15, 0.2) is 0 Å². The number of nitrogens with one attached hydrogen (secondary N) is 1. The molecular weight excluding hydrogens is 353 g/mol. The number of benzene rings is 2. The minimum absolute atomic E-state index is 0.000924. The number of aromatic nitrogens is 1. The molecule has 0 saturated carbocycles. The zero-order valence-corrected chi connectivity index (χ0v) is 16.0. The summed E-state index contributed by atoms with van der Waals surface area (Å²) in [6.07, 6.45) is 1.56. The lowest BCUT2D eigenvalue weighted by molar-refractivity contribution is -0.112. The molecule has 0 bridgehead atoms. The number of anilines is 1. The van der Waals surface area contributed by atoms with Gasteiger partial charge in [0.25, 0.3) is 5.91 Å². The molecule has 0 radical (unpaired) electrons. The van der Waals surface area contributed by atoms with Crippen molar-refractivity contribution in [2.45, 2.75) is 20.8 Å². The molecule has 1 N–H and O–H groups in total. The zero-order chi connectivity index (χ0) is 20.3. The molecule has 0 unspecified atom stereocenters. The average molecular weight is 373 g/mol. The second-order valence-corrected chi connectivity index (χ2v) is 6.64. The Morgan fingerprint density at radius 3 is 2.54 bits per heavy atom. The predicted octanol–water partition coefficient (Wildman–Crippen LogP) is 5.09. The molecule has 5 heteroatoms. The first-order valence-corrected chi connectivity index (χ1v) is 8.83. The van der Waals surface area contributed by atoms with Gasteiger partial charge in [0.2, 0.25) is 0 Å². The van der Waals surface area contributed by atoms with E-state index < -0.39 is 5.91 Å². The zero-order valence-electron chi connectivity index (χ0n) is 16.0. The van der Waals surface area contributed by atoms with E-state index in [1.807, 2.05) is 61.7 Å². The Morgan fingerprint density at radius 1 is 1.11 bits per heavy atom. The molecule has 0 fully saturated rings. The molecule has 3 rings (SSSR count). The maximum atomic E-state index is 13.6. The number of hydrogen-bond donors (Lipinski definition) is 1. The Hall–Kier alpha value is -3.65. The number of nitrogens with zero attached hydrogens (tertiary/aromatic N) is 2. The maximum absolute atomic E-state index is 13.6. The summed E-state index contributed by atoms with van der Waals surface area (Å²) < 4.78 is 15.5. The first-order valence-electron chi connectivity index (χ1n) is 8.83. The summed E-state index contributed by atoms with van der Waals surface area (Å²) in [5.74, 6) is -0.791. The van der Waals surface area contributed by atoms with Crippen LogP contribution in [-0.4, -0.2) is 10.5 Å². The first kappa shape index (κ1) is 19.1. The average Bonchev–Trinajstić information content (AvgIpc) is 2.92. The minimum atomic E-state index is -0.469. The predicted molar refractivity (Wildman–Crippen MR) is 109 cm³/mol. The number of halogens is 1. The van der Waals surface area contributed by atoms with Crippen LogP contribution in [0.15, 0.2) is 60.2 Å². The van der Waals surface area contributed by atoms with Crippen LogP contribution < -0.4 is 5.32 Å². The molecule has 0 saturated heterocycles. The number of rotatable bonds is 4. The SMILES string of the molecule is Cc1cccc(NC(=O)/C(C#N)=C\c2cc(C)n(-c3cccc(F)c3)c2C)c1. The molecular formula is C23H20FN3O. The lowest BCUT2D eigenvalue weighted by Gasteiger charge is -2.09. The Kier molecular flexibility index (Phi) is 5.42. The lowest BCUT2D eigenvalue weighted by Crippen LogP contribution is -2.13. The fourth-order valence-corrected chi connectivity index (χ4v) is 3.17. The molecule has 0 atom stereocenters. The fourth-order valence-electron chi connectivity index (χ4n) is 3.17. The van der Waals surface area contributed by atoms with Gasteiger partial charge in [-0.25, -0.2) is 4.39 Å². The van der Waals surface area contributed by atoms with Crippen molar-refractivity contribution in [2.24, 2.45) is 0 Å². The third-order valence-electron chi connectivity index (χ3n) is 4.48. The van der Waals surface area contributed by atoms with Crippen LogP contribution in [0.2, 0.25) is 0 Å². The van der Waals surface area contributed by atoms with E-state index >= 15 is 0 Å². The van der Waals surface area contributed by atoms with Crippen molar-refractivity contribution in [3.05, 3.63) is 88.5 Å². The topological polar surface area (TPSA) is 57.8 Å². The van der Waals surface area contributed by atoms with Gasteiger partial charge in [-0.15, -0.1) is 0 Å². The molecule has 28 heavy (non-hydrogen) atoms. The van der Waals surface area contributed by atoms with E-state index in [-0.39, 0.29) is 11.4 Å². The van der Waals surface area contributed by atoms with E-state index in [0.717, 1.165) is 22.5 Å². The van der Waals surface area contributed by atoms with Crippen molar-refractivity contribution in [3.8, 4) is 11.8 Å². The van der Waals surface area contributed by atoms with Crippen LogP contribution in [0.4, 0.5) is 10.1 Å². The second-order valence-electron chi connectivity index (χ2n) is 6.64. The summed E-state index contributed by atoms with van der Waals surface area (Å²) in [7, 11) is 0. The van der Waals surface area contributed by atoms with Crippen molar-refractivity contribution in [1.29, 1.82) is 5.26 Å². The highest BCUT2D eigenvalue weighted by atomic mass is 19.1. The quantitative estimate of drug-likeness (QED) is 0.512. The third-order valence-corrected chi connectivity index (χ3v) is 4.48. The fraction of sp³-hybridized carbons (Fsp3) is 0.130. The summed E-state index contributed by atoms with van der Waals surface area (Å²) in [4.78, 5) is 12.5. The minimum Gasteiger partial charge on any atom is -0.321 e. The van der Waals surface area contributed by atoms with Gasteiger partial charge in [0.05, 0.1) is 0 Å². The first-order chi connectivity index (χ1) is 13.4. The monoisotopic (exact) mass is 373 g/mol. The second kappa shape index (κ2) is 7.93. The molecule has 0 aliphatic rings. The number of carbonyl (C=O) groups excluding carboxylic acids is 1. The van der Waals surface area contributed by atoms with Crippen LogP contribution >= 0.6 is 0 Å². The molecule has 140 valence electrons. The highest BCUT2D eigenvalue weighted by molar-refractivity contribution is 6.09. The van der Waals surface area contributed by atoms with E-state index in [2.05, 4.69) is 5.32 Å². The summed E-state index contributed by atoms with van der Waals surface area (Å²) in [6.45, 7) is 5.70. The van der Waals surface area contributed by atoms with Crippen LogP contribution in [0.5, 0.6) is 0 Å². The number of aryl methyl sites for hydroxylation is 2. The van der Waals surface area contributed by atoms with Crippen LogP contribution in [-0.2, 0) is 4.79 Å². The molecule has 4 nitrogen and oxygen atoms in total. The van der Waals surface area contributed by atoms with Crippen LogP contribution in [0.3, 0.4) is 0 Å². The van der Waals surface area contributed by atoms with Crippen LogP contribution in [0.1, 0.15) is 22.5 Å². The Morgan fingerprint density at radius 2 is 1.86 bits per heavy atom. The number of nitriles is 1. The van der Waals surface area contributed by atoms with Gasteiger partial charge < -0.3 is 9.88 Å². The molecule has 2 aromatic carbocycles. The van der Waals surface area contributed by atoms with E-state index in [1.54, 1.807) is 18.2 Å². The van der Waals surface area contributed by atoms with Crippen molar-refractivity contribution in [1.82, 2.24) is 4.57 Å². The van der Waals surface area contributed by atoms with Gasteiger partial charge in [0, 0.05) is 22.8 Å². The van der Waals surface area contributed by atoms with Crippen LogP contribution in [0, 0.1) is 37.9 Å². The molecule has 0 aliphatic heterocycles. The standard InChI is InChI=1S/C23H20FN3O/c1-15-6-4-8-21(10-15)26-23(28)19(14-25)12-18-11-16(2)27(17(18)3)22-9-5-7-20(24)13-22/h4-13H,1-3H3,(H,26,28)/b19-12-. The molecule has 0 aliphatic carbocycles. The van der Waals surface area contributed by atoms with E-state index in [1.165, 1.54) is 12.1 Å². The molecule has 1 heterocycles. The molecule has 1 amide bonds. The largest absolute Gasteiger partial charge is 0.321 e. The number of amides is 1. The molecule has 0 spiro atoms. The number of carbonyl (C=O) groups is 1. The smallest absolute Gasteiger partial charge is 0.266 e. The van der Waals surface area contributed by atoms with Crippen LogP contribution in [0.25, 0.3) is 11.8 Å². The van der Waals surface area contributed by atoms with Crippen molar-refractivity contribution < 1.29 is 9.18 Å². The Bertz CT molecular complexity index is 1120. The van der Waals surface area contributed by atoms with Gasteiger partial charge in [0.1, 0.15) is 17.5 Å². The summed E-state index contributed by atoms with van der Waals surface area (Å²) >= 11 is 0. The highest BCUT2D eigenvalue weighted by Crippen LogP contribution is 2.23. The Labute approximate surface area is 163 Å². The van der Waals surface area contributed by atoms with E-state index in [9.17, 15) is 14.4 Å². The highest BCUT2D eigenvalue weighted by Gasteiger charge is 2.14. The van der Waals surface area contributed by atoms with Crippen molar-refractivity contribution in [2.75, 3.05) is 5.32 Å². The van der Waals surface area contributed by atoms with E-state index in [4.69, 9.17) is 0 Å². The van der Waals surface area contributed by atoms with Crippen molar-refractivity contribution >= 4 is 17.7 Å². The van der Waals surface area contributed by atoms with Gasteiger partial charge in [-0.2, -0.15) is 5.26 Å². The summed E-state index contributed by atoms with van der Waals surface area (Å²) in [5, 5.41) is 12.2. The van der Waals surface area contributed by atoms with Gasteiger partial charge in [-0.05, 0) is 74.4 Å². The van der Waals surface area contributed by atoms with Gasteiger partial charge >= 0.3 is 0 Å². The molecule has 1 aromatic heterocycles. The summed E-state index contributed by atoms with van der Waals surface area (Å²) in [6, 6.07) is 17.5. The Balaban J connectivity index is 1.94.